The van der Waals surface area contributed by atoms with Crippen LogP contribution in [0.15, 0.2) is 24.5 Å². The molecular weight excluding hydrogens is 462 g/mol. The number of nitrogens with one attached hydrogen (secondary N) is 2. The molecule has 0 radical (unpaired) electrons. The predicted molar refractivity (Wildman–Crippen MR) is 111 cm³/mol. The van der Waals surface area contributed by atoms with E-state index in [1.807, 2.05) is 5.10 Å². The Morgan fingerprint density at radius 3 is 2.47 bits per heavy atom. The summed E-state index contributed by atoms with van der Waals surface area (Å²) in [5.41, 5.74) is -1.68. The van der Waals surface area contributed by atoms with Crippen LogP contribution in [0.5, 0.6) is 6.01 Å². The zero-order chi connectivity index (χ0) is 25.0. The maximum Gasteiger partial charge on any atom is 0.432 e. The molecule has 11 nitrogen and oxygen atoms in total. The number of carbonyl (C=O) groups is 1. The zero-order valence-corrected chi connectivity index (χ0v) is 18.0. The molecule has 3 heterocycles. The molecule has 0 unspecified atom stereocenters. The van der Waals surface area contributed by atoms with E-state index < -0.39 is 36.0 Å². The molecule has 178 valence electrons. The summed E-state index contributed by atoms with van der Waals surface area (Å²) in [6, 6.07) is 2.67. The van der Waals surface area contributed by atoms with Gasteiger partial charge in [0.15, 0.2) is 11.5 Å². The lowest BCUT2D eigenvalue weighted by Crippen LogP contribution is -2.35. The number of halogens is 4. The largest absolute Gasteiger partial charge is 0.467 e. The van der Waals surface area contributed by atoms with Gasteiger partial charge in [-0.05, 0) is 6.07 Å². The standard InChI is InChI=1S/C19H17F4N9O2/c1-31(2)13-5-15(27-12(6-24)16(13)20)28-18(33)32(11-7-25-17(34-3)26-8-11)9-10-4-14(30-29-10)19(21,22)23/h4-5,7-8H,9H2,1-3H3,(H,29,30)(H,27,28,33). The molecule has 0 aromatic carbocycles. The summed E-state index contributed by atoms with van der Waals surface area (Å²) in [6.45, 7) is -0.416. The fourth-order valence-electron chi connectivity index (χ4n) is 2.74. The molecule has 0 atom stereocenters. The number of nitrogens with zero attached hydrogens (tertiary/aromatic N) is 7. The second-order valence-electron chi connectivity index (χ2n) is 6.91. The van der Waals surface area contributed by atoms with Gasteiger partial charge in [-0.15, -0.1) is 0 Å². The number of urea groups is 1. The monoisotopic (exact) mass is 479 g/mol. The molecule has 34 heavy (non-hydrogen) atoms. The van der Waals surface area contributed by atoms with Gasteiger partial charge in [0.25, 0.3) is 0 Å². The number of aromatic amines is 1. The predicted octanol–water partition coefficient (Wildman–Crippen LogP) is 2.94. The van der Waals surface area contributed by atoms with Crippen LogP contribution >= 0.6 is 0 Å². The first-order valence-electron chi connectivity index (χ1n) is 9.37. The third kappa shape index (κ3) is 5.28. The van der Waals surface area contributed by atoms with Gasteiger partial charge in [-0.2, -0.15) is 23.5 Å². The van der Waals surface area contributed by atoms with Crippen LogP contribution in [0.4, 0.5) is 39.5 Å². The highest BCUT2D eigenvalue weighted by Crippen LogP contribution is 2.29. The van der Waals surface area contributed by atoms with Gasteiger partial charge >= 0.3 is 18.2 Å². The molecule has 0 aliphatic rings. The van der Waals surface area contributed by atoms with Crippen LogP contribution in [0.2, 0.25) is 0 Å². The first kappa shape index (κ1) is 24.2. The number of hydrogen-bond acceptors (Lipinski definition) is 8. The van der Waals surface area contributed by atoms with Crippen LogP contribution < -0.4 is 19.9 Å². The van der Waals surface area contributed by atoms with E-state index in [0.717, 1.165) is 11.0 Å². The molecule has 0 bridgehead atoms. The highest BCUT2D eigenvalue weighted by molar-refractivity contribution is 6.01. The lowest BCUT2D eigenvalue weighted by atomic mass is 10.2. The Bertz CT molecular complexity index is 1220. The minimum atomic E-state index is -4.66. The Hall–Kier alpha value is -4.48. The maximum absolute atomic E-state index is 14.3. The number of anilines is 3. The van der Waals surface area contributed by atoms with Crippen LogP contribution in [-0.4, -0.2) is 52.4 Å². The highest BCUT2D eigenvalue weighted by atomic mass is 19.4. The summed E-state index contributed by atoms with van der Waals surface area (Å²) < 4.78 is 58.0. The maximum atomic E-state index is 14.3. The zero-order valence-electron chi connectivity index (χ0n) is 18.0. The Morgan fingerprint density at radius 1 is 1.26 bits per heavy atom. The Labute approximate surface area is 190 Å². The summed E-state index contributed by atoms with van der Waals surface area (Å²) in [6.07, 6.45) is -2.23. The molecule has 3 aromatic rings. The summed E-state index contributed by atoms with van der Waals surface area (Å²) in [5, 5.41) is 17.0. The third-order valence-corrected chi connectivity index (χ3v) is 4.37. The van der Waals surface area contributed by atoms with Gasteiger partial charge < -0.3 is 9.64 Å². The average molecular weight is 479 g/mol. The van der Waals surface area contributed by atoms with Crippen LogP contribution in [0, 0.1) is 17.1 Å². The lowest BCUT2D eigenvalue weighted by Gasteiger charge is -2.22. The molecule has 2 amide bonds. The number of pyridine rings is 1. The van der Waals surface area contributed by atoms with Gasteiger partial charge in [-0.1, -0.05) is 0 Å². The van der Waals surface area contributed by atoms with Crippen molar-refractivity contribution in [2.75, 3.05) is 36.3 Å². The van der Waals surface area contributed by atoms with E-state index >= 15 is 0 Å². The van der Waals surface area contributed by atoms with Gasteiger partial charge in [-0.25, -0.2) is 24.1 Å². The summed E-state index contributed by atoms with van der Waals surface area (Å²) >= 11 is 0. The van der Waals surface area contributed by atoms with Crippen molar-refractivity contribution < 1.29 is 27.1 Å². The smallest absolute Gasteiger partial charge is 0.432 e. The number of rotatable bonds is 6. The van der Waals surface area contributed by atoms with E-state index in [4.69, 9.17) is 10.00 Å². The number of aromatic nitrogens is 5. The molecule has 15 heteroatoms. The van der Waals surface area contributed by atoms with Crippen molar-refractivity contribution in [2.24, 2.45) is 0 Å². The number of amides is 2. The van der Waals surface area contributed by atoms with Crippen LogP contribution in [-0.2, 0) is 12.7 Å². The minimum absolute atomic E-state index is 0.00211. The fourth-order valence-corrected chi connectivity index (χ4v) is 2.74. The molecule has 0 saturated heterocycles. The summed E-state index contributed by atoms with van der Waals surface area (Å²) in [5.74, 6) is -1.04. The van der Waals surface area contributed by atoms with Crippen molar-refractivity contribution in [1.82, 2.24) is 25.1 Å². The van der Waals surface area contributed by atoms with Gasteiger partial charge in [0.05, 0.1) is 43.1 Å². The molecular formula is C19H17F4N9O2. The molecule has 3 aromatic heterocycles. The first-order chi connectivity index (χ1) is 16.0. The molecule has 0 aliphatic heterocycles. The third-order valence-electron chi connectivity index (χ3n) is 4.37. The van der Waals surface area contributed by atoms with Gasteiger partial charge in [0, 0.05) is 20.2 Å². The number of hydrogen-bond donors (Lipinski definition) is 2. The van der Waals surface area contributed by atoms with E-state index in [-0.39, 0.29) is 28.9 Å². The topological polar surface area (TPSA) is 136 Å². The van der Waals surface area contributed by atoms with Crippen LogP contribution in [0.3, 0.4) is 0 Å². The van der Waals surface area contributed by atoms with Gasteiger partial charge in [0.2, 0.25) is 0 Å². The Balaban J connectivity index is 1.96. The van der Waals surface area contributed by atoms with Gasteiger partial charge in [-0.3, -0.25) is 15.3 Å². The highest BCUT2D eigenvalue weighted by Gasteiger charge is 2.33. The lowest BCUT2D eigenvalue weighted by molar-refractivity contribution is -0.141. The van der Waals surface area contributed by atoms with Crippen molar-refractivity contribution in [3.8, 4) is 12.1 Å². The SMILES string of the molecule is COc1ncc(N(Cc2cc(C(F)(F)F)[nH]n2)C(=O)Nc2cc(N(C)C)c(F)c(C#N)n2)cn1. The van der Waals surface area contributed by atoms with Crippen LogP contribution in [0.25, 0.3) is 0 Å². The van der Waals surface area contributed by atoms with Gasteiger partial charge in [0.1, 0.15) is 17.6 Å². The number of alkyl halides is 3. The number of nitriles is 1. The van der Waals surface area contributed by atoms with E-state index in [1.54, 1.807) is 6.07 Å². The fraction of sp³-hybridized carbons (Fsp3) is 0.263. The van der Waals surface area contributed by atoms with Crippen molar-refractivity contribution >= 4 is 23.2 Å². The molecule has 0 aliphatic carbocycles. The molecule has 2 N–H and O–H groups in total. The van der Waals surface area contributed by atoms with Crippen molar-refractivity contribution in [1.29, 1.82) is 5.26 Å². The second-order valence-corrected chi connectivity index (χ2v) is 6.91. The van der Waals surface area contributed by atoms with E-state index in [0.29, 0.717) is 0 Å². The summed E-state index contributed by atoms with van der Waals surface area (Å²) in [7, 11) is 4.39. The van der Waals surface area contributed by atoms with E-state index in [2.05, 4.69) is 25.4 Å². The minimum Gasteiger partial charge on any atom is -0.467 e. The first-order valence-corrected chi connectivity index (χ1v) is 9.37. The molecule has 0 spiro atoms. The average Bonchev–Trinajstić information content (AvgIpc) is 3.28. The van der Waals surface area contributed by atoms with Crippen molar-refractivity contribution in [2.45, 2.75) is 12.7 Å². The molecule has 3 rings (SSSR count). The Morgan fingerprint density at radius 2 is 1.94 bits per heavy atom. The van der Waals surface area contributed by atoms with Crippen molar-refractivity contribution in [3.63, 3.8) is 0 Å². The number of methoxy groups -OCH3 is 1. The molecule has 0 fully saturated rings. The van der Waals surface area contributed by atoms with E-state index in [1.165, 1.54) is 44.6 Å². The van der Waals surface area contributed by atoms with E-state index in [9.17, 15) is 22.4 Å². The normalized spacial score (nSPS) is 11.0. The number of carbonyl (C=O) groups excluding carboxylic acids is 1. The van der Waals surface area contributed by atoms with Crippen LogP contribution in [0.1, 0.15) is 17.1 Å². The quantitative estimate of drug-likeness (QED) is 0.515. The summed E-state index contributed by atoms with van der Waals surface area (Å²) in [4.78, 5) is 27.0. The molecule has 0 saturated carbocycles. The van der Waals surface area contributed by atoms with Crippen molar-refractivity contribution in [3.05, 3.63) is 47.4 Å². The number of ether oxygens (including phenoxy) is 1. The second kappa shape index (κ2) is 9.57. The Kier molecular flexibility index (Phi) is 6.80. The number of H-pyrrole nitrogens is 1.